The topological polar surface area (TPSA) is 41.5 Å². The highest BCUT2D eigenvalue weighted by atomic mass is 16.5. The molecule has 0 radical (unpaired) electrons. The van der Waals surface area contributed by atoms with Crippen LogP contribution in [0.15, 0.2) is 24.3 Å². The number of ether oxygens (including phenoxy) is 1. The van der Waals surface area contributed by atoms with E-state index >= 15 is 0 Å². The van der Waals surface area contributed by atoms with Crippen molar-refractivity contribution in [2.45, 2.75) is 39.8 Å². The zero-order chi connectivity index (χ0) is 13.5. The third kappa shape index (κ3) is 4.00. The van der Waals surface area contributed by atoms with Crippen LogP contribution in [-0.4, -0.2) is 24.4 Å². The summed E-state index contributed by atoms with van der Waals surface area (Å²) in [7, 11) is 0. The van der Waals surface area contributed by atoms with Crippen LogP contribution < -0.4 is 10.1 Å². The smallest absolute Gasteiger partial charge is 0.124 e. The Morgan fingerprint density at radius 3 is 2.50 bits per heavy atom. The molecule has 18 heavy (non-hydrogen) atoms. The molecule has 0 saturated heterocycles. The summed E-state index contributed by atoms with van der Waals surface area (Å²) in [5.41, 5.74) is 1.16. The molecule has 3 nitrogen and oxygen atoms in total. The van der Waals surface area contributed by atoms with E-state index in [0.29, 0.717) is 6.61 Å². The molecule has 1 rings (SSSR count). The molecule has 0 saturated carbocycles. The first-order chi connectivity index (χ1) is 8.60. The number of aliphatic hydroxyl groups excluding tert-OH is 1. The Balaban J connectivity index is 2.74. The molecule has 0 fully saturated rings. The van der Waals surface area contributed by atoms with Crippen LogP contribution in [0, 0.1) is 5.92 Å². The van der Waals surface area contributed by atoms with Gasteiger partial charge in [0.2, 0.25) is 0 Å². The molecule has 0 heterocycles. The maximum atomic E-state index is 9.16. The van der Waals surface area contributed by atoms with Gasteiger partial charge in [-0.1, -0.05) is 25.1 Å². The summed E-state index contributed by atoms with van der Waals surface area (Å²) in [6.07, 6.45) is 0. The first-order valence-electron chi connectivity index (χ1n) is 6.68. The highest BCUT2D eigenvalue weighted by Gasteiger charge is 2.17. The number of nitrogens with one attached hydrogen (secondary N) is 1. The van der Waals surface area contributed by atoms with E-state index in [9.17, 15) is 0 Å². The van der Waals surface area contributed by atoms with Crippen LogP contribution in [0.1, 0.15) is 39.3 Å². The molecule has 2 N–H and O–H groups in total. The van der Waals surface area contributed by atoms with Gasteiger partial charge >= 0.3 is 0 Å². The lowest BCUT2D eigenvalue weighted by molar-refractivity contribution is 0.201. The van der Waals surface area contributed by atoms with Crippen LogP contribution in [-0.2, 0) is 0 Å². The fourth-order valence-electron chi connectivity index (χ4n) is 1.93. The van der Waals surface area contributed by atoms with E-state index in [0.717, 1.165) is 11.3 Å². The van der Waals surface area contributed by atoms with Gasteiger partial charge in [0.1, 0.15) is 5.75 Å². The summed E-state index contributed by atoms with van der Waals surface area (Å²) in [6, 6.07) is 8.56. The number of benzene rings is 1. The van der Waals surface area contributed by atoms with E-state index in [4.69, 9.17) is 9.84 Å². The normalized spacial score (nSPS) is 16.1. The van der Waals surface area contributed by atoms with Crippen molar-refractivity contribution >= 4 is 0 Å². The maximum Gasteiger partial charge on any atom is 0.124 e. The summed E-state index contributed by atoms with van der Waals surface area (Å²) in [6.45, 7) is 9.13. The van der Waals surface area contributed by atoms with Gasteiger partial charge < -0.3 is 15.2 Å². The second-order valence-corrected chi connectivity index (χ2v) is 4.81. The predicted molar refractivity (Wildman–Crippen MR) is 74.9 cm³/mol. The monoisotopic (exact) mass is 251 g/mol. The van der Waals surface area contributed by atoms with Crippen molar-refractivity contribution < 1.29 is 9.84 Å². The Morgan fingerprint density at radius 1 is 1.22 bits per heavy atom. The molecule has 3 heteroatoms. The maximum absolute atomic E-state index is 9.16. The highest BCUT2D eigenvalue weighted by molar-refractivity contribution is 5.35. The minimum atomic E-state index is 0.202. The molecule has 0 aliphatic heterocycles. The van der Waals surface area contributed by atoms with Crippen molar-refractivity contribution in [3.63, 3.8) is 0 Å². The lowest BCUT2D eigenvalue weighted by Gasteiger charge is -2.25. The summed E-state index contributed by atoms with van der Waals surface area (Å²) in [5, 5.41) is 12.7. The van der Waals surface area contributed by atoms with Gasteiger partial charge in [-0.25, -0.2) is 0 Å². The molecule has 0 bridgehead atoms. The Hall–Kier alpha value is -1.06. The first-order valence-corrected chi connectivity index (χ1v) is 6.68. The molecule has 1 aromatic rings. The Labute approximate surface area is 110 Å². The Bertz CT molecular complexity index is 354. The van der Waals surface area contributed by atoms with Gasteiger partial charge in [0.15, 0.2) is 0 Å². The van der Waals surface area contributed by atoms with Crippen LogP contribution in [0.5, 0.6) is 5.75 Å². The van der Waals surface area contributed by atoms with Gasteiger partial charge in [0.25, 0.3) is 0 Å². The van der Waals surface area contributed by atoms with Crippen LogP contribution in [0.4, 0.5) is 0 Å². The van der Waals surface area contributed by atoms with Gasteiger partial charge in [0.05, 0.1) is 6.61 Å². The van der Waals surface area contributed by atoms with Gasteiger partial charge in [-0.15, -0.1) is 0 Å². The van der Waals surface area contributed by atoms with Crippen molar-refractivity contribution in [3.8, 4) is 5.75 Å². The lowest BCUT2D eigenvalue weighted by Crippen LogP contribution is -2.35. The van der Waals surface area contributed by atoms with Gasteiger partial charge in [0, 0.05) is 24.3 Å². The van der Waals surface area contributed by atoms with E-state index in [1.54, 1.807) is 0 Å². The third-order valence-corrected chi connectivity index (χ3v) is 3.34. The highest BCUT2D eigenvalue weighted by Crippen LogP contribution is 2.25. The number of rotatable bonds is 7. The van der Waals surface area contributed by atoms with E-state index in [2.05, 4.69) is 25.2 Å². The molecule has 3 unspecified atom stereocenters. The first kappa shape index (κ1) is 15.0. The minimum Gasteiger partial charge on any atom is -0.494 e. The van der Waals surface area contributed by atoms with Crippen LogP contribution >= 0.6 is 0 Å². The molecule has 3 atom stereocenters. The number of hydrogen-bond donors (Lipinski definition) is 2. The van der Waals surface area contributed by atoms with E-state index < -0.39 is 0 Å². The molecule has 0 spiro atoms. The minimum absolute atomic E-state index is 0.202. The molecule has 0 aliphatic rings. The predicted octanol–water partition coefficient (Wildman–Crippen LogP) is 2.75. The number of hydrogen-bond acceptors (Lipinski definition) is 3. The lowest BCUT2D eigenvalue weighted by atomic mass is 10.0. The van der Waals surface area contributed by atoms with Crippen molar-refractivity contribution in [1.82, 2.24) is 5.32 Å². The van der Waals surface area contributed by atoms with Crippen LogP contribution in [0.25, 0.3) is 0 Å². The SMILES string of the molecule is CCOc1ccccc1C(C)NC(C)C(C)CO. The largest absolute Gasteiger partial charge is 0.494 e. The zero-order valence-corrected chi connectivity index (χ0v) is 11.8. The van der Waals surface area contributed by atoms with Crippen LogP contribution in [0.3, 0.4) is 0 Å². The second kappa shape index (κ2) is 7.39. The van der Waals surface area contributed by atoms with E-state index in [1.807, 2.05) is 32.0 Å². The van der Waals surface area contributed by atoms with E-state index in [1.165, 1.54) is 0 Å². The standard InChI is InChI=1S/C15H25NO2/c1-5-18-15-9-7-6-8-14(15)13(4)16-12(3)11(2)10-17/h6-9,11-13,16-17H,5,10H2,1-4H3. The Kier molecular flexibility index (Phi) is 6.16. The van der Waals surface area contributed by atoms with Crippen LogP contribution in [0.2, 0.25) is 0 Å². The van der Waals surface area contributed by atoms with Crippen molar-refractivity contribution in [1.29, 1.82) is 0 Å². The number of para-hydroxylation sites is 1. The number of aliphatic hydroxyl groups is 1. The zero-order valence-electron chi connectivity index (χ0n) is 11.8. The molecule has 0 amide bonds. The van der Waals surface area contributed by atoms with Crippen molar-refractivity contribution in [2.24, 2.45) is 5.92 Å². The third-order valence-electron chi connectivity index (χ3n) is 3.34. The van der Waals surface area contributed by atoms with E-state index in [-0.39, 0.29) is 24.6 Å². The molecule has 0 aliphatic carbocycles. The van der Waals surface area contributed by atoms with Crippen molar-refractivity contribution in [3.05, 3.63) is 29.8 Å². The molecular formula is C15H25NO2. The summed E-state index contributed by atoms with van der Waals surface area (Å²) >= 11 is 0. The summed E-state index contributed by atoms with van der Waals surface area (Å²) in [4.78, 5) is 0. The average Bonchev–Trinajstić information content (AvgIpc) is 2.38. The van der Waals surface area contributed by atoms with Crippen molar-refractivity contribution in [2.75, 3.05) is 13.2 Å². The van der Waals surface area contributed by atoms with Gasteiger partial charge in [-0.2, -0.15) is 0 Å². The molecule has 102 valence electrons. The van der Waals surface area contributed by atoms with Gasteiger partial charge in [-0.3, -0.25) is 0 Å². The quantitative estimate of drug-likeness (QED) is 0.783. The summed E-state index contributed by atoms with van der Waals surface area (Å²) in [5.74, 6) is 1.18. The average molecular weight is 251 g/mol. The van der Waals surface area contributed by atoms with Gasteiger partial charge in [-0.05, 0) is 32.8 Å². The molecular weight excluding hydrogens is 226 g/mol. The fraction of sp³-hybridized carbons (Fsp3) is 0.600. The second-order valence-electron chi connectivity index (χ2n) is 4.81. The Morgan fingerprint density at radius 2 is 1.89 bits per heavy atom. The molecule has 1 aromatic carbocycles. The molecule has 0 aromatic heterocycles. The fourth-order valence-corrected chi connectivity index (χ4v) is 1.93. The summed E-state index contributed by atoms with van der Waals surface area (Å²) < 4.78 is 5.64.